The van der Waals surface area contributed by atoms with Gasteiger partial charge in [0.1, 0.15) is 0 Å². The molecule has 1 aromatic carbocycles. The maximum Gasteiger partial charge on any atom is 0.223 e. The van der Waals surface area contributed by atoms with Crippen molar-refractivity contribution in [1.82, 2.24) is 4.90 Å². The Kier molecular flexibility index (Phi) is 3.50. The van der Waals surface area contributed by atoms with E-state index >= 15 is 0 Å². The van der Waals surface area contributed by atoms with Gasteiger partial charge in [-0.15, -0.1) is 0 Å². The number of benzene rings is 1. The number of hydrogen-bond donors (Lipinski definition) is 1. The molecule has 0 spiro atoms. The van der Waals surface area contributed by atoms with Crippen molar-refractivity contribution in [2.45, 2.75) is 37.8 Å². The molecule has 0 bridgehead atoms. The number of likely N-dealkylation sites (tertiary alicyclic amines) is 1. The molecule has 3 nitrogen and oxygen atoms in total. The summed E-state index contributed by atoms with van der Waals surface area (Å²) in [6, 6.07) is 7.25. The van der Waals surface area contributed by atoms with Crippen molar-refractivity contribution in [2.24, 2.45) is 5.92 Å². The van der Waals surface area contributed by atoms with Gasteiger partial charge in [0.2, 0.25) is 5.91 Å². The van der Waals surface area contributed by atoms with E-state index in [1.54, 1.807) is 0 Å². The molecule has 0 aromatic heterocycles. The number of halogens is 1. The molecule has 2 fully saturated rings. The van der Waals surface area contributed by atoms with Crippen molar-refractivity contribution >= 4 is 17.5 Å². The molecule has 1 saturated carbocycles. The SMILES string of the molecule is O=C1CC[C@H](O)[C@@H](c2ccc(Cl)cc2)N1CC1CC1. The molecule has 4 heteroatoms. The molecule has 2 atom stereocenters. The number of hydrogen-bond acceptors (Lipinski definition) is 2. The normalized spacial score (nSPS) is 27.7. The molecular weight excluding hydrogens is 262 g/mol. The Morgan fingerprint density at radius 2 is 1.89 bits per heavy atom. The fourth-order valence-electron chi connectivity index (χ4n) is 2.79. The van der Waals surface area contributed by atoms with Crippen molar-refractivity contribution in [3.8, 4) is 0 Å². The maximum atomic E-state index is 12.1. The zero-order valence-electron chi connectivity index (χ0n) is 10.8. The number of carbonyl (C=O) groups excluding carboxylic acids is 1. The monoisotopic (exact) mass is 279 g/mol. The number of amides is 1. The second kappa shape index (κ2) is 5.14. The summed E-state index contributed by atoms with van der Waals surface area (Å²) in [5.74, 6) is 0.793. The van der Waals surface area contributed by atoms with Gasteiger partial charge < -0.3 is 10.0 Å². The van der Waals surface area contributed by atoms with Crippen molar-refractivity contribution in [3.63, 3.8) is 0 Å². The fraction of sp³-hybridized carbons (Fsp3) is 0.533. The van der Waals surface area contributed by atoms with Crippen LogP contribution in [0.4, 0.5) is 0 Å². The average Bonchev–Trinajstić information content (AvgIpc) is 3.20. The molecule has 19 heavy (non-hydrogen) atoms. The summed E-state index contributed by atoms with van der Waals surface area (Å²) in [7, 11) is 0. The third-order valence-corrected chi connectivity index (χ3v) is 4.29. The Labute approximate surface area is 118 Å². The third-order valence-electron chi connectivity index (χ3n) is 4.04. The summed E-state index contributed by atoms with van der Waals surface area (Å²) in [6.45, 7) is 0.781. The number of rotatable bonds is 3. The van der Waals surface area contributed by atoms with Gasteiger partial charge in [-0.1, -0.05) is 23.7 Å². The van der Waals surface area contributed by atoms with Crippen LogP contribution in [-0.4, -0.2) is 28.6 Å². The van der Waals surface area contributed by atoms with Gasteiger partial charge in [-0.05, 0) is 42.9 Å². The molecule has 3 rings (SSSR count). The number of aliphatic hydroxyl groups excluding tert-OH is 1. The van der Waals surface area contributed by atoms with Crippen LogP contribution in [0.1, 0.15) is 37.3 Å². The third kappa shape index (κ3) is 2.77. The summed E-state index contributed by atoms with van der Waals surface area (Å²) >= 11 is 5.90. The molecule has 1 N–H and O–H groups in total. The second-order valence-electron chi connectivity index (χ2n) is 5.59. The van der Waals surface area contributed by atoms with E-state index in [9.17, 15) is 9.90 Å². The first-order chi connectivity index (χ1) is 9.15. The van der Waals surface area contributed by atoms with Gasteiger partial charge in [-0.2, -0.15) is 0 Å². The first-order valence-corrected chi connectivity index (χ1v) is 7.26. The molecule has 1 saturated heterocycles. The summed E-state index contributed by atoms with van der Waals surface area (Å²) < 4.78 is 0. The van der Waals surface area contributed by atoms with E-state index in [4.69, 9.17) is 11.6 Å². The Balaban J connectivity index is 1.87. The first-order valence-electron chi connectivity index (χ1n) is 6.88. The van der Waals surface area contributed by atoms with E-state index in [0.29, 0.717) is 23.8 Å². The molecule has 2 aliphatic rings. The van der Waals surface area contributed by atoms with Crippen LogP contribution < -0.4 is 0 Å². The standard InChI is InChI=1S/C15H18ClNO2/c16-12-5-3-11(4-6-12)15-13(18)7-8-14(19)17(15)9-10-1-2-10/h3-6,10,13,15,18H,1-2,7-9H2/t13-,15+/m0/s1. The van der Waals surface area contributed by atoms with Crippen LogP contribution in [0, 0.1) is 5.92 Å². The maximum absolute atomic E-state index is 12.1. The largest absolute Gasteiger partial charge is 0.391 e. The van der Waals surface area contributed by atoms with Crippen molar-refractivity contribution in [2.75, 3.05) is 6.54 Å². The molecule has 1 aliphatic heterocycles. The smallest absolute Gasteiger partial charge is 0.223 e. The quantitative estimate of drug-likeness (QED) is 0.924. The highest BCUT2D eigenvalue weighted by Gasteiger charge is 2.38. The van der Waals surface area contributed by atoms with Crippen molar-refractivity contribution < 1.29 is 9.90 Å². The molecule has 1 aliphatic carbocycles. The van der Waals surface area contributed by atoms with Crippen LogP contribution in [0.3, 0.4) is 0 Å². The van der Waals surface area contributed by atoms with Gasteiger partial charge in [0.25, 0.3) is 0 Å². The van der Waals surface area contributed by atoms with Gasteiger partial charge in [0.15, 0.2) is 0 Å². The summed E-state index contributed by atoms with van der Waals surface area (Å²) in [6.07, 6.45) is 2.93. The van der Waals surface area contributed by atoms with Crippen LogP contribution >= 0.6 is 11.6 Å². The lowest BCUT2D eigenvalue weighted by molar-refractivity contribution is -0.142. The predicted molar refractivity (Wildman–Crippen MR) is 73.9 cm³/mol. The van der Waals surface area contributed by atoms with Gasteiger partial charge in [-0.3, -0.25) is 4.79 Å². The zero-order chi connectivity index (χ0) is 13.4. The predicted octanol–water partition coefficient (Wildman–Crippen LogP) is 2.77. The topological polar surface area (TPSA) is 40.5 Å². The van der Waals surface area contributed by atoms with Crippen LogP contribution in [0.25, 0.3) is 0 Å². The summed E-state index contributed by atoms with van der Waals surface area (Å²) in [4.78, 5) is 14.0. The van der Waals surface area contributed by atoms with E-state index in [1.807, 2.05) is 29.2 Å². The second-order valence-corrected chi connectivity index (χ2v) is 6.03. The Hall–Kier alpha value is -1.06. The van der Waals surface area contributed by atoms with E-state index < -0.39 is 6.10 Å². The molecular formula is C15H18ClNO2. The van der Waals surface area contributed by atoms with E-state index in [1.165, 1.54) is 12.8 Å². The van der Waals surface area contributed by atoms with E-state index in [0.717, 1.165) is 12.1 Å². The van der Waals surface area contributed by atoms with Gasteiger partial charge >= 0.3 is 0 Å². The van der Waals surface area contributed by atoms with Gasteiger partial charge in [0, 0.05) is 18.0 Å². The molecule has 1 amide bonds. The van der Waals surface area contributed by atoms with Crippen LogP contribution in [-0.2, 0) is 4.79 Å². The summed E-state index contributed by atoms with van der Waals surface area (Å²) in [5.41, 5.74) is 0.977. The van der Waals surface area contributed by atoms with Gasteiger partial charge in [-0.25, -0.2) is 0 Å². The molecule has 0 radical (unpaired) electrons. The zero-order valence-corrected chi connectivity index (χ0v) is 11.5. The highest BCUT2D eigenvalue weighted by atomic mass is 35.5. The molecule has 0 unspecified atom stereocenters. The summed E-state index contributed by atoms with van der Waals surface area (Å²) in [5, 5.41) is 11.0. The molecule has 1 heterocycles. The van der Waals surface area contributed by atoms with E-state index in [-0.39, 0.29) is 11.9 Å². The average molecular weight is 280 g/mol. The highest BCUT2D eigenvalue weighted by molar-refractivity contribution is 6.30. The minimum absolute atomic E-state index is 0.164. The highest BCUT2D eigenvalue weighted by Crippen LogP contribution is 2.37. The fourth-order valence-corrected chi connectivity index (χ4v) is 2.92. The number of aliphatic hydroxyl groups is 1. The number of nitrogens with zero attached hydrogens (tertiary/aromatic N) is 1. The van der Waals surface area contributed by atoms with Crippen LogP contribution in [0.2, 0.25) is 5.02 Å². The van der Waals surface area contributed by atoms with Crippen molar-refractivity contribution in [3.05, 3.63) is 34.9 Å². The number of carbonyl (C=O) groups is 1. The lowest BCUT2D eigenvalue weighted by Crippen LogP contribution is -2.46. The minimum Gasteiger partial charge on any atom is -0.391 e. The van der Waals surface area contributed by atoms with Crippen molar-refractivity contribution in [1.29, 1.82) is 0 Å². The Bertz CT molecular complexity index is 470. The Morgan fingerprint density at radius 1 is 1.21 bits per heavy atom. The van der Waals surface area contributed by atoms with E-state index in [2.05, 4.69) is 0 Å². The lowest BCUT2D eigenvalue weighted by atomic mass is 9.92. The molecule has 1 aromatic rings. The van der Waals surface area contributed by atoms with Gasteiger partial charge in [0.05, 0.1) is 12.1 Å². The van der Waals surface area contributed by atoms with Crippen LogP contribution in [0.5, 0.6) is 0 Å². The molecule has 102 valence electrons. The lowest BCUT2D eigenvalue weighted by Gasteiger charge is -2.39. The Morgan fingerprint density at radius 3 is 2.53 bits per heavy atom. The minimum atomic E-state index is -0.474. The number of piperidine rings is 1. The first kappa shape index (κ1) is 12.9. The van der Waals surface area contributed by atoms with Crippen LogP contribution in [0.15, 0.2) is 24.3 Å².